The quantitative estimate of drug-likeness (QED) is 0.746. The van der Waals surface area contributed by atoms with Crippen molar-refractivity contribution in [2.24, 2.45) is 0 Å². The van der Waals surface area contributed by atoms with Crippen LogP contribution in [-0.4, -0.2) is 46.6 Å². The Morgan fingerprint density at radius 2 is 2.47 bits per heavy atom. The number of nitrogens with one attached hydrogen (secondary N) is 1. The number of anilines is 1. The maximum Gasteiger partial charge on any atom is 0.357 e. The molecule has 1 aromatic rings. The zero-order valence-corrected chi connectivity index (χ0v) is 9.85. The molecule has 0 spiro atoms. The summed E-state index contributed by atoms with van der Waals surface area (Å²) < 4.78 is 5.00. The molecule has 0 aromatic carbocycles. The highest BCUT2D eigenvalue weighted by Gasteiger charge is 2.27. The number of hydrogen-bond acceptors (Lipinski definition) is 5. The van der Waals surface area contributed by atoms with Crippen LogP contribution in [0, 0.1) is 0 Å². The first kappa shape index (κ1) is 11.9. The van der Waals surface area contributed by atoms with Crippen LogP contribution >= 0.6 is 0 Å². The topological polar surface area (TPSA) is 78.6 Å². The van der Waals surface area contributed by atoms with Crippen LogP contribution in [0.25, 0.3) is 0 Å². The van der Waals surface area contributed by atoms with Crippen molar-refractivity contribution in [1.82, 2.24) is 9.88 Å². The van der Waals surface area contributed by atoms with Crippen LogP contribution < -0.4 is 5.32 Å². The number of likely N-dealkylation sites (N-methyl/N-ethyl adjacent to an activating group) is 1. The van der Waals surface area contributed by atoms with Crippen LogP contribution in [0.3, 0.4) is 0 Å². The third-order valence-corrected chi connectivity index (χ3v) is 2.87. The van der Waals surface area contributed by atoms with Crippen molar-refractivity contribution in [2.45, 2.75) is 25.8 Å². The van der Waals surface area contributed by atoms with E-state index in [4.69, 9.17) is 9.52 Å². The number of oxazole rings is 1. The van der Waals surface area contributed by atoms with Gasteiger partial charge in [0, 0.05) is 19.1 Å². The van der Waals surface area contributed by atoms with Gasteiger partial charge in [-0.3, -0.25) is 4.90 Å². The maximum atomic E-state index is 10.6. The average Bonchev–Trinajstić information content (AvgIpc) is 3.03. The summed E-state index contributed by atoms with van der Waals surface area (Å²) in [5, 5.41) is 11.7. The molecule has 6 heteroatoms. The first-order valence-electron chi connectivity index (χ1n) is 5.87. The van der Waals surface area contributed by atoms with Crippen LogP contribution in [0.2, 0.25) is 0 Å². The van der Waals surface area contributed by atoms with Gasteiger partial charge >= 0.3 is 5.97 Å². The molecule has 0 aliphatic heterocycles. The van der Waals surface area contributed by atoms with E-state index in [1.807, 2.05) is 0 Å². The zero-order chi connectivity index (χ0) is 12.3. The fourth-order valence-electron chi connectivity index (χ4n) is 1.80. The van der Waals surface area contributed by atoms with Gasteiger partial charge in [0.2, 0.25) is 0 Å². The van der Waals surface area contributed by atoms with Crippen molar-refractivity contribution in [3.8, 4) is 0 Å². The normalized spacial score (nSPS) is 15.2. The fraction of sp³-hybridized carbons (Fsp3) is 0.636. The number of carbonyl (C=O) groups is 1. The number of hydrogen-bond donors (Lipinski definition) is 2. The van der Waals surface area contributed by atoms with Crippen molar-refractivity contribution in [2.75, 3.05) is 25.0 Å². The van der Waals surface area contributed by atoms with Crippen LogP contribution in [-0.2, 0) is 0 Å². The molecule has 0 saturated heterocycles. The molecule has 0 atom stereocenters. The Morgan fingerprint density at radius 3 is 3.00 bits per heavy atom. The van der Waals surface area contributed by atoms with E-state index in [1.54, 1.807) is 0 Å². The molecule has 0 amide bonds. The highest BCUT2D eigenvalue weighted by atomic mass is 16.4. The number of nitrogens with zero attached hydrogens (tertiary/aromatic N) is 2. The summed E-state index contributed by atoms with van der Waals surface area (Å²) in [4.78, 5) is 16.8. The first-order valence-corrected chi connectivity index (χ1v) is 5.87. The summed E-state index contributed by atoms with van der Waals surface area (Å²) in [5.74, 6) is -1.07. The predicted octanol–water partition coefficient (Wildman–Crippen LogP) is 1.27. The molecule has 6 nitrogen and oxygen atoms in total. The number of carboxylic acids is 1. The van der Waals surface area contributed by atoms with Crippen molar-refractivity contribution in [3.63, 3.8) is 0 Å². The molecule has 1 aliphatic rings. The molecule has 17 heavy (non-hydrogen) atoms. The Kier molecular flexibility index (Phi) is 3.63. The first-order chi connectivity index (χ1) is 8.20. The van der Waals surface area contributed by atoms with Gasteiger partial charge in [-0.25, -0.2) is 4.79 Å². The molecular formula is C11H17N3O3. The molecule has 1 aliphatic carbocycles. The van der Waals surface area contributed by atoms with E-state index in [-0.39, 0.29) is 11.7 Å². The van der Waals surface area contributed by atoms with Gasteiger partial charge in [0.05, 0.1) is 0 Å². The van der Waals surface area contributed by atoms with Gasteiger partial charge in [0.1, 0.15) is 6.26 Å². The van der Waals surface area contributed by atoms with E-state index in [0.717, 1.165) is 25.4 Å². The summed E-state index contributed by atoms with van der Waals surface area (Å²) in [6.07, 6.45) is 3.72. The Bertz CT molecular complexity index is 387. The number of aromatic carboxylic acids is 1. The highest BCUT2D eigenvalue weighted by molar-refractivity contribution is 5.85. The van der Waals surface area contributed by atoms with E-state index in [1.165, 1.54) is 12.8 Å². The molecular weight excluding hydrogens is 222 g/mol. The Labute approximate surface area is 99.6 Å². The summed E-state index contributed by atoms with van der Waals surface area (Å²) in [6, 6.07) is 1.01. The summed E-state index contributed by atoms with van der Waals surface area (Å²) in [5.41, 5.74) is -0.0676. The maximum absolute atomic E-state index is 10.6. The minimum absolute atomic E-state index is 0.0676. The lowest BCUT2D eigenvalue weighted by Gasteiger charge is -2.19. The van der Waals surface area contributed by atoms with E-state index >= 15 is 0 Å². The minimum Gasteiger partial charge on any atom is -0.476 e. The summed E-state index contributed by atoms with van der Waals surface area (Å²) in [6.45, 7) is 4.82. The Hall–Kier alpha value is -1.56. The third kappa shape index (κ3) is 3.20. The summed E-state index contributed by atoms with van der Waals surface area (Å²) in [7, 11) is 0. The molecule has 0 radical (unpaired) electrons. The standard InChI is InChI=1S/C11H17N3O3/c1-2-14(8-3-4-8)6-5-12-11-13-9(7-17-11)10(15)16/h7-8H,2-6H2,1H3,(H,12,13)(H,15,16). The largest absolute Gasteiger partial charge is 0.476 e. The monoisotopic (exact) mass is 239 g/mol. The molecule has 2 N–H and O–H groups in total. The van der Waals surface area contributed by atoms with Crippen LogP contribution in [0.5, 0.6) is 0 Å². The summed E-state index contributed by atoms with van der Waals surface area (Å²) >= 11 is 0. The second-order valence-corrected chi connectivity index (χ2v) is 4.13. The second kappa shape index (κ2) is 5.18. The zero-order valence-electron chi connectivity index (χ0n) is 9.85. The van der Waals surface area contributed by atoms with Crippen LogP contribution in [0.4, 0.5) is 6.01 Å². The van der Waals surface area contributed by atoms with Gasteiger partial charge in [-0.2, -0.15) is 4.98 Å². The van der Waals surface area contributed by atoms with Gasteiger partial charge in [-0.1, -0.05) is 6.92 Å². The number of carboxylic acid groups (broad SMARTS) is 1. The molecule has 1 saturated carbocycles. The lowest BCUT2D eigenvalue weighted by Crippen LogP contribution is -2.30. The molecule has 94 valence electrons. The molecule has 0 bridgehead atoms. The van der Waals surface area contributed by atoms with Crippen molar-refractivity contribution in [1.29, 1.82) is 0 Å². The molecule has 1 fully saturated rings. The van der Waals surface area contributed by atoms with Crippen molar-refractivity contribution < 1.29 is 14.3 Å². The van der Waals surface area contributed by atoms with E-state index in [2.05, 4.69) is 22.1 Å². The van der Waals surface area contributed by atoms with E-state index < -0.39 is 5.97 Å². The third-order valence-electron chi connectivity index (χ3n) is 2.87. The van der Waals surface area contributed by atoms with E-state index in [9.17, 15) is 4.79 Å². The molecule has 1 aromatic heterocycles. The Morgan fingerprint density at radius 1 is 1.71 bits per heavy atom. The van der Waals surface area contributed by atoms with Gasteiger partial charge in [0.15, 0.2) is 5.69 Å². The SMILES string of the molecule is CCN(CCNc1nc(C(=O)O)co1)C1CC1. The number of rotatable bonds is 7. The lowest BCUT2D eigenvalue weighted by atomic mass is 10.4. The van der Waals surface area contributed by atoms with Crippen molar-refractivity contribution >= 4 is 12.0 Å². The van der Waals surface area contributed by atoms with Crippen molar-refractivity contribution in [3.05, 3.63) is 12.0 Å². The van der Waals surface area contributed by atoms with Crippen LogP contribution in [0.1, 0.15) is 30.3 Å². The fourth-order valence-corrected chi connectivity index (χ4v) is 1.80. The minimum atomic E-state index is -1.07. The molecule has 1 heterocycles. The highest BCUT2D eigenvalue weighted by Crippen LogP contribution is 2.25. The van der Waals surface area contributed by atoms with E-state index in [0.29, 0.717) is 6.54 Å². The molecule has 0 unspecified atom stereocenters. The molecule has 2 rings (SSSR count). The van der Waals surface area contributed by atoms with Gasteiger partial charge in [0.25, 0.3) is 6.01 Å². The number of aromatic nitrogens is 1. The lowest BCUT2D eigenvalue weighted by molar-refractivity contribution is 0.0690. The van der Waals surface area contributed by atoms with Gasteiger partial charge in [-0.05, 0) is 19.4 Å². The smallest absolute Gasteiger partial charge is 0.357 e. The van der Waals surface area contributed by atoms with Gasteiger partial charge in [-0.15, -0.1) is 0 Å². The second-order valence-electron chi connectivity index (χ2n) is 4.13. The predicted molar refractivity (Wildman–Crippen MR) is 62.2 cm³/mol. The van der Waals surface area contributed by atoms with Crippen LogP contribution in [0.15, 0.2) is 10.7 Å². The Balaban J connectivity index is 1.75. The van der Waals surface area contributed by atoms with Gasteiger partial charge < -0.3 is 14.8 Å². The average molecular weight is 239 g/mol.